The number of hydrogen-bond acceptors (Lipinski definition) is 15. The van der Waals surface area contributed by atoms with Gasteiger partial charge in [-0.1, -0.05) is 421 Å². The highest BCUT2D eigenvalue weighted by atomic mass is 31.2. The van der Waals surface area contributed by atoms with Crippen molar-refractivity contribution in [3.8, 4) is 0 Å². The van der Waals surface area contributed by atoms with Crippen LogP contribution >= 0.6 is 15.6 Å². The molecular weight excluding hydrogens is 1400 g/mol. The number of carbonyl (C=O) groups is 4. The molecule has 2 unspecified atom stereocenters. The van der Waals surface area contributed by atoms with Crippen LogP contribution in [0.15, 0.2) is 0 Å². The number of unbranched alkanes of at least 4 members (excludes halogenated alkanes) is 55. The monoisotopic (exact) mass is 1580 g/mol. The van der Waals surface area contributed by atoms with Crippen LogP contribution in [0.1, 0.15) is 472 Å². The van der Waals surface area contributed by atoms with Crippen LogP contribution in [-0.2, 0) is 65.4 Å². The van der Waals surface area contributed by atoms with E-state index >= 15 is 0 Å². The second-order valence-electron chi connectivity index (χ2n) is 33.4. The predicted molar refractivity (Wildman–Crippen MR) is 446 cm³/mol. The van der Waals surface area contributed by atoms with Gasteiger partial charge in [0, 0.05) is 25.7 Å². The summed E-state index contributed by atoms with van der Waals surface area (Å²) in [5, 5.41) is 10.7. The number of phosphoric ester groups is 2. The van der Waals surface area contributed by atoms with Crippen molar-refractivity contribution in [2.24, 2.45) is 17.8 Å². The number of carbonyl (C=O) groups excluding carboxylic acids is 4. The first-order chi connectivity index (χ1) is 52.2. The Morgan fingerprint density at radius 3 is 0.630 bits per heavy atom. The lowest BCUT2D eigenvalue weighted by atomic mass is 10.0. The number of esters is 4. The third kappa shape index (κ3) is 82.1. The standard InChI is InChI=1S/C89H174O17P2/c1-8-9-10-11-12-13-14-15-16-17-18-22-27-32-37-42-49-56-63-70-86(91)99-76-84(105-88(93)72-65-58-50-43-38-33-28-23-20-19-21-25-30-35-40-46-53-60-67-80(2)3)78-103-107(95,96)101-74-83(90)75-102-108(97,98)104-79-85(77-100-87(92)71-64-57-52-45-48-55-62-69-82(6)7)106-89(94)73-66-59-51-44-39-34-29-24-26-31-36-41-47-54-61-68-81(4)5/h80-85,90H,8-79H2,1-7H3,(H,95,96)(H,97,98)/t83-,84-,85-/m1/s1. The van der Waals surface area contributed by atoms with Crippen LogP contribution < -0.4 is 0 Å². The summed E-state index contributed by atoms with van der Waals surface area (Å²) in [6, 6.07) is 0. The predicted octanol–water partition coefficient (Wildman–Crippen LogP) is 27.3. The van der Waals surface area contributed by atoms with Crippen molar-refractivity contribution in [1.29, 1.82) is 0 Å². The van der Waals surface area contributed by atoms with Gasteiger partial charge in [-0.15, -0.1) is 0 Å². The first kappa shape index (κ1) is 106. The number of rotatable bonds is 87. The van der Waals surface area contributed by atoms with Crippen LogP contribution in [0.3, 0.4) is 0 Å². The topological polar surface area (TPSA) is 237 Å². The van der Waals surface area contributed by atoms with Crippen molar-refractivity contribution in [1.82, 2.24) is 0 Å². The molecule has 0 radical (unpaired) electrons. The molecular formula is C89H174O17P2. The molecule has 0 saturated carbocycles. The number of phosphoric acid groups is 2. The Hall–Kier alpha value is -1.94. The number of hydrogen-bond donors (Lipinski definition) is 3. The van der Waals surface area contributed by atoms with Gasteiger partial charge >= 0.3 is 39.5 Å². The van der Waals surface area contributed by atoms with E-state index < -0.39 is 97.5 Å². The minimum absolute atomic E-state index is 0.107. The molecule has 3 N–H and O–H groups in total. The summed E-state index contributed by atoms with van der Waals surface area (Å²) in [6.45, 7) is 12.0. The van der Waals surface area contributed by atoms with Crippen molar-refractivity contribution < 1.29 is 80.2 Å². The van der Waals surface area contributed by atoms with Gasteiger partial charge in [0.05, 0.1) is 26.4 Å². The van der Waals surface area contributed by atoms with Gasteiger partial charge in [-0.2, -0.15) is 0 Å². The van der Waals surface area contributed by atoms with Gasteiger partial charge in [0.1, 0.15) is 19.3 Å². The molecule has 0 aliphatic rings. The molecule has 19 heteroatoms. The van der Waals surface area contributed by atoms with Gasteiger partial charge in [0.2, 0.25) is 0 Å². The van der Waals surface area contributed by atoms with Crippen LogP contribution in [0.25, 0.3) is 0 Å². The van der Waals surface area contributed by atoms with E-state index in [1.165, 1.54) is 276 Å². The number of ether oxygens (including phenoxy) is 4. The van der Waals surface area contributed by atoms with E-state index in [9.17, 15) is 43.2 Å². The minimum atomic E-state index is -4.97. The minimum Gasteiger partial charge on any atom is -0.462 e. The third-order valence-corrected chi connectivity index (χ3v) is 22.8. The van der Waals surface area contributed by atoms with Gasteiger partial charge in [-0.25, -0.2) is 9.13 Å². The maximum atomic E-state index is 13.2. The fourth-order valence-electron chi connectivity index (χ4n) is 13.9. The summed E-state index contributed by atoms with van der Waals surface area (Å²) < 4.78 is 69.0. The van der Waals surface area contributed by atoms with Crippen LogP contribution in [0.2, 0.25) is 0 Å². The van der Waals surface area contributed by atoms with Gasteiger partial charge in [0.15, 0.2) is 12.2 Å². The van der Waals surface area contributed by atoms with Crippen LogP contribution in [0, 0.1) is 17.8 Å². The molecule has 642 valence electrons. The van der Waals surface area contributed by atoms with Gasteiger partial charge in [0.25, 0.3) is 0 Å². The molecule has 0 bridgehead atoms. The molecule has 0 aromatic rings. The lowest BCUT2D eigenvalue weighted by molar-refractivity contribution is -0.161. The average molecular weight is 1580 g/mol. The highest BCUT2D eigenvalue weighted by Crippen LogP contribution is 2.45. The fourth-order valence-corrected chi connectivity index (χ4v) is 15.5. The lowest BCUT2D eigenvalue weighted by Gasteiger charge is -2.21. The van der Waals surface area contributed by atoms with E-state index in [0.717, 1.165) is 108 Å². The quantitative estimate of drug-likeness (QED) is 0.0222. The van der Waals surface area contributed by atoms with Crippen molar-refractivity contribution in [2.75, 3.05) is 39.6 Å². The van der Waals surface area contributed by atoms with Gasteiger partial charge in [-0.3, -0.25) is 37.3 Å². The van der Waals surface area contributed by atoms with Gasteiger partial charge in [-0.05, 0) is 43.4 Å². The zero-order valence-electron chi connectivity index (χ0n) is 71.3. The third-order valence-electron chi connectivity index (χ3n) is 20.9. The summed E-state index contributed by atoms with van der Waals surface area (Å²) in [6.07, 6.45) is 71.0. The Morgan fingerprint density at radius 1 is 0.250 bits per heavy atom. The SMILES string of the molecule is CCCCCCCCCCCCCCCCCCCCCC(=O)OC[C@H](COP(=O)(O)OC[C@@H](O)COP(=O)(O)OC[C@@H](COC(=O)CCCCCCCCCC(C)C)OC(=O)CCCCCCCCCCCCCCCCCC(C)C)OC(=O)CCCCCCCCCCCCCCCCCCCCC(C)C. The summed E-state index contributed by atoms with van der Waals surface area (Å²) in [4.78, 5) is 73.3. The van der Waals surface area contributed by atoms with Crippen molar-refractivity contribution in [3.63, 3.8) is 0 Å². The fraction of sp³-hybridized carbons (Fsp3) is 0.955. The molecule has 0 heterocycles. The summed E-state index contributed by atoms with van der Waals surface area (Å²) in [7, 11) is -9.93. The molecule has 0 spiro atoms. The molecule has 17 nitrogen and oxygen atoms in total. The second kappa shape index (κ2) is 78.9. The van der Waals surface area contributed by atoms with E-state index in [-0.39, 0.29) is 25.7 Å². The Labute approximate surface area is 664 Å². The molecule has 0 aliphatic heterocycles. The Morgan fingerprint density at radius 2 is 0.426 bits per heavy atom. The van der Waals surface area contributed by atoms with E-state index in [1.54, 1.807) is 0 Å². The largest absolute Gasteiger partial charge is 0.472 e. The van der Waals surface area contributed by atoms with Crippen molar-refractivity contribution >= 4 is 39.5 Å². The normalized spacial score (nSPS) is 13.8. The van der Waals surface area contributed by atoms with Crippen molar-refractivity contribution in [2.45, 2.75) is 491 Å². The summed E-state index contributed by atoms with van der Waals surface area (Å²) in [5.74, 6) is 0.226. The highest BCUT2D eigenvalue weighted by molar-refractivity contribution is 7.47. The first-order valence-electron chi connectivity index (χ1n) is 45.8. The molecule has 0 amide bonds. The summed E-state index contributed by atoms with van der Waals surface area (Å²) in [5.41, 5.74) is 0. The molecule has 0 saturated heterocycles. The molecule has 0 aromatic carbocycles. The smallest absolute Gasteiger partial charge is 0.462 e. The maximum Gasteiger partial charge on any atom is 0.472 e. The van der Waals surface area contributed by atoms with Crippen LogP contribution in [0.5, 0.6) is 0 Å². The van der Waals surface area contributed by atoms with Crippen LogP contribution in [0.4, 0.5) is 0 Å². The second-order valence-corrected chi connectivity index (χ2v) is 36.3. The molecule has 0 rings (SSSR count). The van der Waals surface area contributed by atoms with E-state index in [2.05, 4.69) is 48.5 Å². The van der Waals surface area contributed by atoms with E-state index in [0.29, 0.717) is 31.6 Å². The maximum absolute atomic E-state index is 13.2. The van der Waals surface area contributed by atoms with Crippen molar-refractivity contribution in [3.05, 3.63) is 0 Å². The molecule has 0 aromatic heterocycles. The van der Waals surface area contributed by atoms with Crippen LogP contribution in [-0.4, -0.2) is 96.7 Å². The molecule has 0 aliphatic carbocycles. The van der Waals surface area contributed by atoms with E-state index in [4.69, 9.17) is 37.0 Å². The number of aliphatic hydroxyl groups is 1. The average Bonchev–Trinajstić information content (AvgIpc) is 0.901. The Balaban J connectivity index is 5.22. The van der Waals surface area contributed by atoms with Gasteiger partial charge < -0.3 is 33.8 Å². The molecule has 0 fully saturated rings. The number of aliphatic hydroxyl groups excluding tert-OH is 1. The summed E-state index contributed by atoms with van der Waals surface area (Å²) >= 11 is 0. The zero-order valence-corrected chi connectivity index (χ0v) is 73.1. The zero-order chi connectivity index (χ0) is 79.3. The first-order valence-corrected chi connectivity index (χ1v) is 48.8. The van der Waals surface area contributed by atoms with E-state index in [1.807, 2.05) is 0 Å². The lowest BCUT2D eigenvalue weighted by Crippen LogP contribution is -2.30. The molecule has 108 heavy (non-hydrogen) atoms. The Bertz CT molecular complexity index is 2080. The molecule has 5 atom stereocenters. The Kier molecular flexibility index (Phi) is 77.5. The highest BCUT2D eigenvalue weighted by Gasteiger charge is 2.31.